The van der Waals surface area contributed by atoms with E-state index in [-0.39, 0.29) is 11.6 Å². The van der Waals surface area contributed by atoms with E-state index in [1.807, 2.05) is 0 Å². The third-order valence-electron chi connectivity index (χ3n) is 2.21. The molecule has 0 saturated carbocycles. The summed E-state index contributed by atoms with van der Waals surface area (Å²) in [6, 6.07) is 4.39. The van der Waals surface area contributed by atoms with Gasteiger partial charge in [0.1, 0.15) is 12.0 Å². The second-order valence-corrected chi connectivity index (χ2v) is 3.82. The van der Waals surface area contributed by atoms with Crippen molar-refractivity contribution in [2.24, 2.45) is 4.99 Å². The standard InChI is InChI=1S/C14H12F3NO2/c1-10(9-19)6-7-13(18-2)20-12-5-3-4-11(8-12)14(15,16)17/h3-9H,2H2,1H3/b10-6+,13-7+. The molecule has 0 aliphatic heterocycles. The van der Waals surface area contributed by atoms with Crippen LogP contribution in [0.3, 0.4) is 0 Å². The number of allylic oxidation sites excluding steroid dienone is 3. The highest BCUT2D eigenvalue weighted by atomic mass is 19.4. The molecule has 0 saturated heterocycles. The van der Waals surface area contributed by atoms with Crippen LogP contribution in [0.4, 0.5) is 13.2 Å². The van der Waals surface area contributed by atoms with Crippen molar-refractivity contribution in [2.45, 2.75) is 13.1 Å². The van der Waals surface area contributed by atoms with Gasteiger partial charge in [-0.25, -0.2) is 4.99 Å². The van der Waals surface area contributed by atoms with E-state index >= 15 is 0 Å². The zero-order valence-electron chi connectivity index (χ0n) is 10.6. The van der Waals surface area contributed by atoms with Crippen LogP contribution in [-0.2, 0) is 11.0 Å². The maximum atomic E-state index is 12.5. The number of carbonyl (C=O) groups excluding carboxylic acids is 1. The van der Waals surface area contributed by atoms with Crippen molar-refractivity contribution in [1.82, 2.24) is 0 Å². The van der Waals surface area contributed by atoms with Gasteiger partial charge in [0.25, 0.3) is 0 Å². The highest BCUT2D eigenvalue weighted by molar-refractivity contribution is 5.72. The highest BCUT2D eigenvalue weighted by Crippen LogP contribution is 2.31. The largest absolute Gasteiger partial charge is 0.439 e. The van der Waals surface area contributed by atoms with E-state index in [0.29, 0.717) is 11.9 Å². The Labute approximate surface area is 114 Å². The van der Waals surface area contributed by atoms with Crippen molar-refractivity contribution in [3.63, 3.8) is 0 Å². The molecular weight excluding hydrogens is 271 g/mol. The average Bonchev–Trinajstić information content (AvgIpc) is 2.42. The summed E-state index contributed by atoms with van der Waals surface area (Å²) in [4.78, 5) is 13.9. The van der Waals surface area contributed by atoms with Crippen molar-refractivity contribution in [2.75, 3.05) is 0 Å². The molecule has 0 fully saturated rings. The highest BCUT2D eigenvalue weighted by Gasteiger charge is 2.30. The predicted molar refractivity (Wildman–Crippen MR) is 69.5 cm³/mol. The molecule has 0 aromatic heterocycles. The molecule has 0 amide bonds. The molecular formula is C14H12F3NO2. The Hall–Kier alpha value is -2.37. The monoisotopic (exact) mass is 283 g/mol. The Bertz CT molecular complexity index is 560. The molecule has 0 heterocycles. The number of ether oxygens (including phenoxy) is 1. The van der Waals surface area contributed by atoms with Gasteiger partial charge < -0.3 is 4.74 Å². The summed E-state index contributed by atoms with van der Waals surface area (Å²) in [5, 5.41) is 0. The second kappa shape index (κ2) is 6.70. The second-order valence-electron chi connectivity index (χ2n) is 3.82. The number of aliphatic imine (C=N–C) groups is 1. The Balaban J connectivity index is 2.97. The average molecular weight is 283 g/mol. The quantitative estimate of drug-likeness (QED) is 0.271. The lowest BCUT2D eigenvalue weighted by atomic mass is 10.2. The first kappa shape index (κ1) is 15.7. The summed E-state index contributed by atoms with van der Waals surface area (Å²) in [6.45, 7) is 4.81. The minimum absolute atomic E-state index is 0.00877. The number of halogens is 3. The molecule has 0 spiro atoms. The fourth-order valence-electron chi connectivity index (χ4n) is 1.22. The van der Waals surface area contributed by atoms with Crippen LogP contribution in [0.15, 0.2) is 52.9 Å². The molecule has 0 aliphatic carbocycles. The lowest BCUT2D eigenvalue weighted by Gasteiger charge is -2.09. The molecule has 0 N–H and O–H groups in total. The molecule has 0 unspecified atom stereocenters. The molecule has 1 aromatic rings. The number of nitrogens with zero attached hydrogens (tertiary/aromatic N) is 1. The fourth-order valence-corrected chi connectivity index (χ4v) is 1.22. The number of rotatable bonds is 5. The summed E-state index contributed by atoms with van der Waals surface area (Å²) in [5.41, 5.74) is -0.406. The maximum absolute atomic E-state index is 12.5. The van der Waals surface area contributed by atoms with Crippen LogP contribution in [0.25, 0.3) is 0 Å². The van der Waals surface area contributed by atoms with Gasteiger partial charge in [0.05, 0.1) is 5.56 Å². The minimum atomic E-state index is -4.45. The Morgan fingerprint density at radius 3 is 2.60 bits per heavy atom. The van der Waals surface area contributed by atoms with Crippen molar-refractivity contribution in [1.29, 1.82) is 0 Å². The van der Waals surface area contributed by atoms with Gasteiger partial charge in [0.15, 0.2) is 0 Å². The van der Waals surface area contributed by atoms with Crippen molar-refractivity contribution in [3.05, 3.63) is 53.4 Å². The first-order valence-electron chi connectivity index (χ1n) is 5.52. The lowest BCUT2D eigenvalue weighted by molar-refractivity contribution is -0.137. The molecule has 106 valence electrons. The van der Waals surface area contributed by atoms with Gasteiger partial charge in [0, 0.05) is 6.08 Å². The van der Waals surface area contributed by atoms with Gasteiger partial charge in [-0.2, -0.15) is 13.2 Å². The van der Waals surface area contributed by atoms with E-state index in [9.17, 15) is 18.0 Å². The van der Waals surface area contributed by atoms with Crippen molar-refractivity contribution >= 4 is 13.0 Å². The Morgan fingerprint density at radius 2 is 2.05 bits per heavy atom. The van der Waals surface area contributed by atoms with Crippen LogP contribution in [0.5, 0.6) is 5.75 Å². The Kier molecular flexibility index (Phi) is 5.25. The van der Waals surface area contributed by atoms with Gasteiger partial charge in [0.2, 0.25) is 5.88 Å². The lowest BCUT2D eigenvalue weighted by Crippen LogP contribution is -2.05. The summed E-state index contributed by atoms with van der Waals surface area (Å²) in [6.07, 6.45) is -1.05. The molecule has 1 aromatic carbocycles. The Morgan fingerprint density at radius 1 is 1.35 bits per heavy atom. The summed E-state index contributed by atoms with van der Waals surface area (Å²) in [7, 11) is 0. The normalized spacial score (nSPS) is 13.0. The molecule has 3 nitrogen and oxygen atoms in total. The minimum Gasteiger partial charge on any atom is -0.439 e. The molecule has 0 aliphatic rings. The van der Waals surface area contributed by atoms with E-state index in [1.165, 1.54) is 24.3 Å². The number of carbonyl (C=O) groups is 1. The smallest absolute Gasteiger partial charge is 0.416 e. The first-order valence-corrected chi connectivity index (χ1v) is 5.52. The fraction of sp³-hybridized carbons (Fsp3) is 0.143. The summed E-state index contributed by atoms with van der Waals surface area (Å²) < 4.78 is 42.8. The number of alkyl halides is 3. The number of hydrogen-bond acceptors (Lipinski definition) is 3. The van der Waals surface area contributed by atoms with Crippen LogP contribution >= 0.6 is 0 Å². The molecule has 20 heavy (non-hydrogen) atoms. The van der Waals surface area contributed by atoms with E-state index in [4.69, 9.17) is 4.74 Å². The van der Waals surface area contributed by atoms with Crippen molar-refractivity contribution in [3.8, 4) is 5.75 Å². The van der Waals surface area contributed by atoms with Gasteiger partial charge in [-0.1, -0.05) is 12.1 Å². The van der Waals surface area contributed by atoms with E-state index in [1.54, 1.807) is 6.92 Å². The van der Waals surface area contributed by atoms with Crippen molar-refractivity contribution < 1.29 is 22.7 Å². The third-order valence-corrected chi connectivity index (χ3v) is 2.21. The van der Waals surface area contributed by atoms with Crippen LogP contribution in [0, 0.1) is 0 Å². The van der Waals surface area contributed by atoms with E-state index in [0.717, 1.165) is 12.1 Å². The van der Waals surface area contributed by atoms with Crippen LogP contribution < -0.4 is 4.74 Å². The molecule has 0 atom stereocenters. The number of aldehydes is 1. The van der Waals surface area contributed by atoms with Gasteiger partial charge in [-0.3, -0.25) is 4.79 Å². The van der Waals surface area contributed by atoms with E-state index < -0.39 is 11.7 Å². The maximum Gasteiger partial charge on any atom is 0.416 e. The molecule has 0 bridgehead atoms. The topological polar surface area (TPSA) is 38.7 Å². The van der Waals surface area contributed by atoms with Crippen LogP contribution in [-0.4, -0.2) is 13.0 Å². The first-order chi connectivity index (χ1) is 9.36. The number of benzene rings is 1. The molecule has 0 radical (unpaired) electrons. The van der Waals surface area contributed by atoms with Gasteiger partial charge in [-0.05, 0) is 37.4 Å². The van der Waals surface area contributed by atoms with Gasteiger partial charge in [-0.15, -0.1) is 0 Å². The van der Waals surface area contributed by atoms with Crippen LogP contribution in [0.2, 0.25) is 0 Å². The molecule has 6 heteroatoms. The third kappa shape index (κ3) is 4.72. The van der Waals surface area contributed by atoms with E-state index in [2.05, 4.69) is 11.7 Å². The summed E-state index contributed by atoms with van der Waals surface area (Å²) >= 11 is 0. The summed E-state index contributed by atoms with van der Waals surface area (Å²) in [5.74, 6) is -0.0267. The van der Waals surface area contributed by atoms with Crippen LogP contribution in [0.1, 0.15) is 12.5 Å². The predicted octanol–water partition coefficient (Wildman–Crippen LogP) is 3.77. The zero-order valence-corrected chi connectivity index (χ0v) is 10.6. The number of hydrogen-bond donors (Lipinski definition) is 0. The zero-order chi connectivity index (χ0) is 15.2. The SMILES string of the molecule is C=N/C(=C\C=C(/C)C=O)Oc1cccc(C(F)(F)F)c1. The molecule has 1 rings (SSSR count). The van der Waals surface area contributed by atoms with Gasteiger partial charge >= 0.3 is 6.18 Å².